The highest BCUT2D eigenvalue weighted by atomic mass is 35.5. The number of carbonyl (C=O) groups excluding carboxylic acids is 1. The van der Waals surface area contributed by atoms with E-state index in [0.29, 0.717) is 11.6 Å². The van der Waals surface area contributed by atoms with Gasteiger partial charge in [0.1, 0.15) is 12.4 Å². The number of ether oxygens (including phenoxy) is 1. The first-order valence-electron chi connectivity index (χ1n) is 9.55. The van der Waals surface area contributed by atoms with E-state index in [1.807, 2.05) is 12.1 Å². The number of benzene rings is 2. The number of anilines is 1. The Morgan fingerprint density at radius 3 is 2.26 bits per heavy atom. The van der Waals surface area contributed by atoms with Gasteiger partial charge in [-0.05, 0) is 29.8 Å². The van der Waals surface area contributed by atoms with Crippen LogP contribution in [0.3, 0.4) is 0 Å². The minimum absolute atomic E-state index is 0.0950. The van der Waals surface area contributed by atoms with Crippen molar-refractivity contribution in [3.05, 3.63) is 99.9 Å². The minimum atomic E-state index is -2.30. The maximum atomic E-state index is 13.7. The number of furan rings is 1. The molecule has 0 saturated heterocycles. The van der Waals surface area contributed by atoms with Gasteiger partial charge < -0.3 is 14.5 Å². The van der Waals surface area contributed by atoms with Crippen LogP contribution in [0.1, 0.15) is 21.9 Å². The van der Waals surface area contributed by atoms with Crippen molar-refractivity contribution in [1.82, 2.24) is 9.78 Å². The number of nitrogens with one attached hydrogen (secondary N) is 1. The third-order valence-electron chi connectivity index (χ3n) is 4.55. The van der Waals surface area contributed by atoms with Crippen LogP contribution in [0.15, 0.2) is 53.1 Å². The van der Waals surface area contributed by atoms with E-state index in [9.17, 15) is 26.7 Å². The molecule has 1 amide bonds. The summed E-state index contributed by atoms with van der Waals surface area (Å²) in [5.74, 6) is -13.0. The largest absolute Gasteiger partial charge is 0.479 e. The van der Waals surface area contributed by atoms with Crippen molar-refractivity contribution in [2.75, 3.05) is 5.32 Å². The van der Waals surface area contributed by atoms with E-state index in [4.69, 9.17) is 20.8 Å². The lowest BCUT2D eigenvalue weighted by Gasteiger charge is -2.09. The van der Waals surface area contributed by atoms with Crippen molar-refractivity contribution in [2.24, 2.45) is 0 Å². The Morgan fingerprint density at radius 1 is 0.941 bits per heavy atom. The summed E-state index contributed by atoms with van der Waals surface area (Å²) < 4.78 is 78.5. The number of nitrogens with zero attached hydrogens (tertiary/aromatic N) is 2. The molecule has 2 aromatic heterocycles. The summed E-state index contributed by atoms with van der Waals surface area (Å²) in [7, 11) is 0. The molecule has 0 spiro atoms. The van der Waals surface area contributed by atoms with E-state index < -0.39 is 47.3 Å². The van der Waals surface area contributed by atoms with Gasteiger partial charge in [0.2, 0.25) is 29.1 Å². The quantitative estimate of drug-likeness (QED) is 0.202. The lowest BCUT2D eigenvalue weighted by Crippen LogP contribution is -2.12. The zero-order valence-electron chi connectivity index (χ0n) is 16.9. The lowest BCUT2D eigenvalue weighted by molar-refractivity contribution is 0.0991. The van der Waals surface area contributed by atoms with Crippen LogP contribution in [0, 0.1) is 29.1 Å². The van der Waals surface area contributed by atoms with Crippen molar-refractivity contribution in [1.29, 1.82) is 0 Å². The summed E-state index contributed by atoms with van der Waals surface area (Å²) in [6.45, 7) is -0.256. The van der Waals surface area contributed by atoms with Crippen molar-refractivity contribution in [3.63, 3.8) is 0 Å². The number of hydrogen-bond donors (Lipinski definition) is 1. The molecule has 0 saturated carbocycles. The predicted molar refractivity (Wildman–Crippen MR) is 110 cm³/mol. The van der Waals surface area contributed by atoms with Crippen LogP contribution in [-0.2, 0) is 13.2 Å². The Balaban J connectivity index is 1.38. The molecule has 34 heavy (non-hydrogen) atoms. The van der Waals surface area contributed by atoms with E-state index in [1.165, 1.54) is 12.1 Å². The molecule has 2 heterocycles. The zero-order valence-corrected chi connectivity index (χ0v) is 17.7. The van der Waals surface area contributed by atoms with Crippen molar-refractivity contribution in [2.45, 2.75) is 13.2 Å². The Morgan fingerprint density at radius 2 is 1.59 bits per heavy atom. The molecule has 4 rings (SSSR count). The summed E-state index contributed by atoms with van der Waals surface area (Å²) in [6, 6.07) is 11.2. The summed E-state index contributed by atoms with van der Waals surface area (Å²) >= 11 is 5.86. The van der Waals surface area contributed by atoms with Gasteiger partial charge in [-0.2, -0.15) is 13.9 Å². The molecule has 4 aromatic rings. The molecule has 0 fully saturated rings. The highest BCUT2D eigenvalue weighted by molar-refractivity contribution is 6.30. The Labute approximate surface area is 193 Å². The van der Waals surface area contributed by atoms with Gasteiger partial charge in [0, 0.05) is 17.3 Å². The molecule has 0 aliphatic rings. The average Bonchev–Trinajstić information content (AvgIpc) is 3.47. The summed E-state index contributed by atoms with van der Waals surface area (Å²) in [5.41, 5.74) is 0.940. The van der Waals surface area contributed by atoms with E-state index in [0.717, 1.165) is 5.56 Å². The van der Waals surface area contributed by atoms with Crippen molar-refractivity contribution >= 4 is 23.3 Å². The number of rotatable bonds is 7. The van der Waals surface area contributed by atoms with Gasteiger partial charge in [0.15, 0.2) is 17.3 Å². The van der Waals surface area contributed by atoms with Crippen LogP contribution in [0.5, 0.6) is 5.75 Å². The fourth-order valence-corrected chi connectivity index (χ4v) is 3.03. The Bertz CT molecular complexity index is 1330. The smallest absolute Gasteiger partial charge is 0.292 e. The van der Waals surface area contributed by atoms with E-state index >= 15 is 0 Å². The first-order chi connectivity index (χ1) is 16.2. The SMILES string of the molecule is O=C(Nc1ccn(Cc2ccc(Cl)cc2)n1)c1ccc(COc2c(F)c(F)c(F)c(F)c2F)o1. The molecule has 0 unspecified atom stereocenters. The van der Waals surface area contributed by atoms with Crippen molar-refractivity contribution < 1.29 is 35.9 Å². The second-order valence-electron chi connectivity index (χ2n) is 6.93. The van der Waals surface area contributed by atoms with Gasteiger partial charge in [-0.25, -0.2) is 13.2 Å². The number of halogens is 6. The fraction of sp³-hybridized carbons (Fsp3) is 0.0909. The second-order valence-corrected chi connectivity index (χ2v) is 7.37. The van der Waals surface area contributed by atoms with Crippen LogP contribution < -0.4 is 10.1 Å². The maximum absolute atomic E-state index is 13.7. The maximum Gasteiger partial charge on any atom is 0.292 e. The molecular formula is C22H13ClF5N3O3. The highest BCUT2D eigenvalue weighted by Crippen LogP contribution is 2.30. The molecule has 2 aromatic carbocycles. The number of aromatic nitrogens is 2. The molecule has 0 bridgehead atoms. The van der Waals surface area contributed by atoms with Gasteiger partial charge in [-0.15, -0.1) is 0 Å². The predicted octanol–water partition coefficient (Wildman–Crippen LogP) is 5.70. The fourth-order valence-electron chi connectivity index (χ4n) is 2.90. The average molecular weight is 498 g/mol. The van der Waals surface area contributed by atoms with Gasteiger partial charge in [-0.1, -0.05) is 23.7 Å². The first-order valence-corrected chi connectivity index (χ1v) is 9.93. The summed E-state index contributed by atoms with van der Waals surface area (Å²) in [6.07, 6.45) is 1.65. The molecule has 0 atom stereocenters. The lowest BCUT2D eigenvalue weighted by atomic mass is 10.2. The van der Waals surface area contributed by atoms with Crippen LogP contribution in [0.25, 0.3) is 0 Å². The molecular weight excluding hydrogens is 485 g/mol. The normalized spacial score (nSPS) is 11.0. The molecule has 1 N–H and O–H groups in total. The van der Waals surface area contributed by atoms with Crippen LogP contribution in [0.4, 0.5) is 27.8 Å². The Hall–Kier alpha value is -3.86. The summed E-state index contributed by atoms with van der Waals surface area (Å²) in [4.78, 5) is 12.4. The van der Waals surface area contributed by atoms with E-state index in [-0.39, 0.29) is 17.3 Å². The number of amides is 1. The van der Waals surface area contributed by atoms with E-state index in [2.05, 4.69) is 10.4 Å². The third kappa shape index (κ3) is 4.88. The monoisotopic (exact) mass is 497 g/mol. The van der Waals surface area contributed by atoms with E-state index in [1.54, 1.807) is 29.1 Å². The van der Waals surface area contributed by atoms with Gasteiger partial charge in [-0.3, -0.25) is 9.48 Å². The van der Waals surface area contributed by atoms with Crippen molar-refractivity contribution in [3.8, 4) is 5.75 Å². The zero-order chi connectivity index (χ0) is 24.4. The molecule has 12 heteroatoms. The topological polar surface area (TPSA) is 69.3 Å². The minimum Gasteiger partial charge on any atom is -0.479 e. The second kappa shape index (κ2) is 9.56. The van der Waals surface area contributed by atoms with Crippen LogP contribution in [0.2, 0.25) is 5.02 Å². The van der Waals surface area contributed by atoms with Crippen LogP contribution >= 0.6 is 11.6 Å². The Kier molecular flexibility index (Phi) is 6.55. The third-order valence-corrected chi connectivity index (χ3v) is 4.81. The number of hydrogen-bond acceptors (Lipinski definition) is 4. The highest BCUT2D eigenvalue weighted by Gasteiger charge is 2.27. The first kappa shape index (κ1) is 23.3. The molecule has 0 aliphatic heterocycles. The molecule has 176 valence electrons. The van der Waals surface area contributed by atoms with Gasteiger partial charge >= 0.3 is 0 Å². The standard InChI is InChI=1S/C22H13ClF5N3O3/c23-12-3-1-11(2-4-12)9-31-8-7-15(30-31)29-22(32)14-6-5-13(34-14)10-33-21-19(27)17(25)16(24)18(26)20(21)28/h1-8H,9-10H2,(H,29,30,32). The molecule has 0 aliphatic carbocycles. The number of carbonyl (C=O) groups is 1. The van der Waals surface area contributed by atoms with Gasteiger partial charge in [0.25, 0.3) is 5.91 Å². The molecule has 6 nitrogen and oxygen atoms in total. The van der Waals surface area contributed by atoms with Gasteiger partial charge in [0.05, 0.1) is 6.54 Å². The summed E-state index contributed by atoms with van der Waals surface area (Å²) in [5, 5.41) is 7.34. The molecule has 0 radical (unpaired) electrons. The van der Waals surface area contributed by atoms with Crippen LogP contribution in [-0.4, -0.2) is 15.7 Å².